The van der Waals surface area contributed by atoms with E-state index in [9.17, 15) is 4.79 Å². The molecule has 1 rings (SSSR count). The van der Waals surface area contributed by atoms with Gasteiger partial charge in [0.2, 0.25) is 0 Å². The normalized spacial score (nSPS) is 9.62. The SMILES string of the molecule is CCOC(=O)c1ccc(I)c(CC)c1C#N. The van der Waals surface area contributed by atoms with E-state index < -0.39 is 5.97 Å². The molecule has 0 heterocycles. The van der Waals surface area contributed by atoms with Gasteiger partial charge in [-0.1, -0.05) is 6.92 Å². The fourth-order valence-electron chi connectivity index (χ4n) is 1.47. The van der Waals surface area contributed by atoms with Crippen LogP contribution in [-0.2, 0) is 11.2 Å². The van der Waals surface area contributed by atoms with Crippen molar-refractivity contribution in [2.24, 2.45) is 0 Å². The minimum Gasteiger partial charge on any atom is -0.462 e. The van der Waals surface area contributed by atoms with Gasteiger partial charge in [-0.15, -0.1) is 0 Å². The zero-order valence-electron chi connectivity index (χ0n) is 9.21. The van der Waals surface area contributed by atoms with Crippen molar-refractivity contribution >= 4 is 28.6 Å². The molecule has 1 aromatic rings. The van der Waals surface area contributed by atoms with Crippen molar-refractivity contribution in [3.05, 3.63) is 32.4 Å². The van der Waals surface area contributed by atoms with Gasteiger partial charge < -0.3 is 4.74 Å². The Kier molecular flexibility index (Phi) is 4.74. The van der Waals surface area contributed by atoms with Crippen LogP contribution < -0.4 is 0 Å². The maximum atomic E-state index is 11.6. The summed E-state index contributed by atoms with van der Waals surface area (Å²) in [6.45, 7) is 4.03. The van der Waals surface area contributed by atoms with Crippen LogP contribution in [0.15, 0.2) is 12.1 Å². The lowest BCUT2D eigenvalue weighted by atomic mass is 10.0. The Labute approximate surface area is 109 Å². The lowest BCUT2D eigenvalue weighted by molar-refractivity contribution is 0.0526. The number of nitriles is 1. The summed E-state index contributed by atoms with van der Waals surface area (Å²) in [6, 6.07) is 5.58. The van der Waals surface area contributed by atoms with Gasteiger partial charge in [-0.05, 0) is 53.6 Å². The first-order chi connectivity index (χ1) is 7.65. The first kappa shape index (κ1) is 13.0. The molecule has 0 radical (unpaired) electrons. The highest BCUT2D eigenvalue weighted by molar-refractivity contribution is 14.1. The first-order valence-corrected chi connectivity index (χ1v) is 6.12. The number of hydrogen-bond acceptors (Lipinski definition) is 3. The standard InChI is InChI=1S/C12H12INO2/c1-3-8-10(7-14)9(5-6-11(8)13)12(15)16-4-2/h5-6H,3-4H2,1-2H3. The van der Waals surface area contributed by atoms with Crippen LogP contribution in [0.1, 0.15) is 35.3 Å². The van der Waals surface area contributed by atoms with Crippen molar-refractivity contribution in [3.63, 3.8) is 0 Å². The van der Waals surface area contributed by atoms with Crippen LogP contribution in [0.3, 0.4) is 0 Å². The van der Waals surface area contributed by atoms with Crippen LogP contribution in [0.2, 0.25) is 0 Å². The Balaban J connectivity index is 3.31. The van der Waals surface area contributed by atoms with Crippen LogP contribution in [0, 0.1) is 14.9 Å². The lowest BCUT2D eigenvalue weighted by Gasteiger charge is -2.09. The predicted molar refractivity (Wildman–Crippen MR) is 69.2 cm³/mol. The van der Waals surface area contributed by atoms with E-state index in [0.717, 1.165) is 15.6 Å². The zero-order chi connectivity index (χ0) is 12.1. The number of carbonyl (C=O) groups excluding carboxylic acids is 1. The molecule has 16 heavy (non-hydrogen) atoms. The Morgan fingerprint density at radius 1 is 1.50 bits per heavy atom. The number of esters is 1. The number of hydrogen-bond donors (Lipinski definition) is 0. The van der Waals surface area contributed by atoms with Crippen molar-refractivity contribution < 1.29 is 9.53 Å². The number of ether oxygens (including phenoxy) is 1. The Morgan fingerprint density at radius 3 is 2.69 bits per heavy atom. The van der Waals surface area contributed by atoms with E-state index in [0.29, 0.717) is 17.7 Å². The molecule has 0 unspecified atom stereocenters. The molecule has 84 valence electrons. The van der Waals surface area contributed by atoms with Crippen molar-refractivity contribution in [3.8, 4) is 6.07 Å². The number of benzene rings is 1. The molecule has 0 spiro atoms. The quantitative estimate of drug-likeness (QED) is 0.633. The zero-order valence-corrected chi connectivity index (χ0v) is 11.4. The summed E-state index contributed by atoms with van der Waals surface area (Å²) in [6.07, 6.45) is 0.731. The summed E-state index contributed by atoms with van der Waals surface area (Å²) in [5, 5.41) is 9.11. The van der Waals surface area contributed by atoms with E-state index in [1.54, 1.807) is 13.0 Å². The van der Waals surface area contributed by atoms with Gasteiger partial charge in [-0.3, -0.25) is 0 Å². The average Bonchev–Trinajstić information content (AvgIpc) is 2.28. The fourth-order valence-corrected chi connectivity index (χ4v) is 2.31. The summed E-state index contributed by atoms with van der Waals surface area (Å²) in [5.74, 6) is -0.426. The highest BCUT2D eigenvalue weighted by Gasteiger charge is 2.16. The highest BCUT2D eigenvalue weighted by Crippen LogP contribution is 2.21. The second-order valence-electron chi connectivity index (χ2n) is 3.13. The maximum absolute atomic E-state index is 11.6. The predicted octanol–water partition coefficient (Wildman–Crippen LogP) is 2.90. The van der Waals surface area contributed by atoms with Gasteiger partial charge >= 0.3 is 5.97 Å². The molecule has 1 aromatic carbocycles. The molecular formula is C12H12INO2. The van der Waals surface area contributed by atoms with Gasteiger partial charge in [0.1, 0.15) is 6.07 Å². The van der Waals surface area contributed by atoms with Crippen molar-refractivity contribution in [1.82, 2.24) is 0 Å². The summed E-state index contributed by atoms with van der Waals surface area (Å²) in [4.78, 5) is 11.6. The van der Waals surface area contributed by atoms with E-state index >= 15 is 0 Å². The minimum atomic E-state index is -0.426. The lowest BCUT2D eigenvalue weighted by Crippen LogP contribution is -2.09. The third-order valence-electron chi connectivity index (χ3n) is 2.22. The maximum Gasteiger partial charge on any atom is 0.339 e. The molecule has 0 aliphatic carbocycles. The van der Waals surface area contributed by atoms with E-state index in [2.05, 4.69) is 28.7 Å². The fraction of sp³-hybridized carbons (Fsp3) is 0.333. The molecule has 0 amide bonds. The van der Waals surface area contributed by atoms with Crippen LogP contribution in [-0.4, -0.2) is 12.6 Å². The minimum absolute atomic E-state index is 0.317. The topological polar surface area (TPSA) is 50.1 Å². The van der Waals surface area contributed by atoms with Crippen LogP contribution >= 0.6 is 22.6 Å². The summed E-state index contributed by atoms with van der Waals surface area (Å²) in [5.41, 5.74) is 1.71. The summed E-state index contributed by atoms with van der Waals surface area (Å²) in [7, 11) is 0. The first-order valence-electron chi connectivity index (χ1n) is 5.04. The van der Waals surface area contributed by atoms with Crippen molar-refractivity contribution in [2.75, 3.05) is 6.61 Å². The molecule has 0 bridgehead atoms. The molecule has 4 heteroatoms. The van der Waals surface area contributed by atoms with E-state index in [4.69, 9.17) is 10.00 Å². The van der Waals surface area contributed by atoms with Crippen molar-refractivity contribution in [2.45, 2.75) is 20.3 Å². The molecule has 0 fully saturated rings. The number of halogens is 1. The second-order valence-corrected chi connectivity index (χ2v) is 4.30. The molecule has 0 N–H and O–H groups in total. The van der Waals surface area contributed by atoms with Gasteiger partial charge in [0, 0.05) is 3.57 Å². The molecule has 0 atom stereocenters. The Bertz CT molecular complexity index is 449. The van der Waals surface area contributed by atoms with Gasteiger partial charge in [-0.2, -0.15) is 5.26 Å². The molecule has 0 aromatic heterocycles. The smallest absolute Gasteiger partial charge is 0.339 e. The summed E-state index contributed by atoms with van der Waals surface area (Å²) >= 11 is 2.17. The number of nitrogens with zero attached hydrogens (tertiary/aromatic N) is 1. The third kappa shape index (κ3) is 2.53. The van der Waals surface area contributed by atoms with Crippen LogP contribution in [0.4, 0.5) is 0 Å². The Morgan fingerprint density at radius 2 is 2.19 bits per heavy atom. The summed E-state index contributed by atoms with van der Waals surface area (Å²) < 4.78 is 5.92. The molecule has 3 nitrogen and oxygen atoms in total. The highest BCUT2D eigenvalue weighted by atomic mass is 127. The van der Waals surface area contributed by atoms with E-state index in [-0.39, 0.29) is 0 Å². The monoisotopic (exact) mass is 329 g/mol. The third-order valence-corrected chi connectivity index (χ3v) is 3.23. The molecule has 0 saturated heterocycles. The van der Waals surface area contributed by atoms with Crippen molar-refractivity contribution in [1.29, 1.82) is 5.26 Å². The molecule has 0 saturated carbocycles. The Hall–Kier alpha value is -1.09. The number of rotatable bonds is 3. The molecule has 0 aliphatic heterocycles. The van der Waals surface area contributed by atoms with Crippen LogP contribution in [0.5, 0.6) is 0 Å². The van der Waals surface area contributed by atoms with Gasteiger partial charge in [0.25, 0.3) is 0 Å². The average molecular weight is 329 g/mol. The van der Waals surface area contributed by atoms with E-state index in [1.165, 1.54) is 0 Å². The second kappa shape index (κ2) is 5.85. The number of carbonyl (C=O) groups is 1. The van der Waals surface area contributed by atoms with Gasteiger partial charge in [0.05, 0.1) is 17.7 Å². The van der Waals surface area contributed by atoms with Gasteiger partial charge in [0.15, 0.2) is 0 Å². The van der Waals surface area contributed by atoms with Gasteiger partial charge in [-0.25, -0.2) is 4.79 Å². The van der Waals surface area contributed by atoms with E-state index in [1.807, 2.05) is 13.0 Å². The molecule has 0 aliphatic rings. The molecular weight excluding hydrogens is 317 g/mol. The van der Waals surface area contributed by atoms with Crippen LogP contribution in [0.25, 0.3) is 0 Å². The largest absolute Gasteiger partial charge is 0.462 e.